The number of benzene rings is 1. The van der Waals surface area contributed by atoms with Crippen molar-refractivity contribution in [1.29, 1.82) is 0 Å². The lowest BCUT2D eigenvalue weighted by molar-refractivity contribution is 0.346. The minimum absolute atomic E-state index is 0.232. The molecule has 2 N–H and O–H groups in total. The molecule has 0 saturated heterocycles. The number of nitrogens with zero attached hydrogens (tertiary/aromatic N) is 2. The molecule has 2 aromatic rings. The standard InChI is InChI=1S/C12H15N3S/c1-15(2)11(9-6-4-3-5-7-9)10-8-14-12(13)16-10/h3-8,11H,1-2H3,(H2,13,14). The van der Waals surface area contributed by atoms with Crippen molar-refractivity contribution in [1.82, 2.24) is 9.88 Å². The van der Waals surface area contributed by atoms with Gasteiger partial charge in [-0.2, -0.15) is 0 Å². The number of hydrogen-bond acceptors (Lipinski definition) is 4. The lowest BCUT2D eigenvalue weighted by Gasteiger charge is -2.23. The van der Waals surface area contributed by atoms with Crippen LogP contribution in [0.1, 0.15) is 16.5 Å². The molecule has 1 aromatic heterocycles. The second-order valence-electron chi connectivity index (χ2n) is 3.88. The maximum absolute atomic E-state index is 5.68. The summed E-state index contributed by atoms with van der Waals surface area (Å²) >= 11 is 1.54. The third-order valence-electron chi connectivity index (χ3n) is 2.44. The first-order chi connectivity index (χ1) is 7.68. The van der Waals surface area contributed by atoms with E-state index in [1.165, 1.54) is 10.4 Å². The van der Waals surface area contributed by atoms with Crippen LogP contribution in [0.5, 0.6) is 0 Å². The Morgan fingerprint density at radius 3 is 2.44 bits per heavy atom. The number of nitrogens with two attached hydrogens (primary N) is 1. The van der Waals surface area contributed by atoms with Gasteiger partial charge in [-0.15, -0.1) is 11.3 Å². The molecular formula is C12H15N3S. The largest absolute Gasteiger partial charge is 0.375 e. The van der Waals surface area contributed by atoms with E-state index in [2.05, 4.69) is 48.2 Å². The van der Waals surface area contributed by atoms with Gasteiger partial charge in [-0.1, -0.05) is 30.3 Å². The second-order valence-corrected chi connectivity index (χ2v) is 4.97. The van der Waals surface area contributed by atoms with E-state index in [-0.39, 0.29) is 6.04 Å². The Morgan fingerprint density at radius 1 is 1.25 bits per heavy atom. The molecule has 0 aliphatic rings. The highest BCUT2D eigenvalue weighted by Gasteiger charge is 2.18. The fourth-order valence-electron chi connectivity index (χ4n) is 1.78. The van der Waals surface area contributed by atoms with Crippen LogP contribution in [0, 0.1) is 0 Å². The average molecular weight is 233 g/mol. The monoisotopic (exact) mass is 233 g/mol. The molecule has 84 valence electrons. The first-order valence-electron chi connectivity index (χ1n) is 5.11. The molecule has 0 spiro atoms. The Kier molecular flexibility index (Phi) is 3.22. The SMILES string of the molecule is CN(C)C(c1ccccc1)c1cnc(N)s1. The fourth-order valence-corrected chi connectivity index (χ4v) is 2.69. The van der Waals surface area contributed by atoms with E-state index in [1.54, 1.807) is 11.3 Å². The first-order valence-corrected chi connectivity index (χ1v) is 5.92. The lowest BCUT2D eigenvalue weighted by Crippen LogP contribution is -2.20. The van der Waals surface area contributed by atoms with Gasteiger partial charge in [0.2, 0.25) is 0 Å². The maximum Gasteiger partial charge on any atom is 0.180 e. The van der Waals surface area contributed by atoms with Crippen molar-refractivity contribution in [2.24, 2.45) is 0 Å². The molecule has 0 radical (unpaired) electrons. The normalized spacial score (nSPS) is 12.9. The van der Waals surface area contributed by atoms with Crippen molar-refractivity contribution in [3.63, 3.8) is 0 Å². The van der Waals surface area contributed by atoms with E-state index in [4.69, 9.17) is 5.73 Å². The predicted octanol–water partition coefficient (Wildman–Crippen LogP) is 2.38. The van der Waals surface area contributed by atoms with Gasteiger partial charge >= 0.3 is 0 Å². The Morgan fingerprint density at radius 2 is 1.94 bits per heavy atom. The summed E-state index contributed by atoms with van der Waals surface area (Å²) in [4.78, 5) is 7.46. The molecule has 4 heteroatoms. The van der Waals surface area contributed by atoms with Crippen LogP contribution in [-0.4, -0.2) is 24.0 Å². The minimum atomic E-state index is 0.232. The van der Waals surface area contributed by atoms with Crippen molar-refractivity contribution in [3.8, 4) is 0 Å². The molecule has 0 fully saturated rings. The molecular weight excluding hydrogens is 218 g/mol. The third kappa shape index (κ3) is 2.23. The summed E-state index contributed by atoms with van der Waals surface area (Å²) in [5.41, 5.74) is 6.94. The van der Waals surface area contributed by atoms with Gasteiger partial charge in [-0.3, -0.25) is 4.90 Å². The van der Waals surface area contributed by atoms with Crippen LogP contribution in [0.15, 0.2) is 36.5 Å². The minimum Gasteiger partial charge on any atom is -0.375 e. The Labute approximate surface area is 99.5 Å². The summed E-state index contributed by atoms with van der Waals surface area (Å²) in [7, 11) is 4.13. The van der Waals surface area contributed by atoms with Gasteiger partial charge in [-0.25, -0.2) is 4.98 Å². The maximum atomic E-state index is 5.68. The van der Waals surface area contributed by atoms with Crippen molar-refractivity contribution in [2.75, 3.05) is 19.8 Å². The summed E-state index contributed by atoms with van der Waals surface area (Å²) in [6, 6.07) is 10.6. The van der Waals surface area contributed by atoms with Gasteiger partial charge in [0.1, 0.15) is 0 Å². The highest BCUT2D eigenvalue weighted by atomic mass is 32.1. The molecule has 1 heterocycles. The zero-order chi connectivity index (χ0) is 11.5. The summed E-state index contributed by atoms with van der Waals surface area (Å²) in [5, 5.41) is 0.623. The predicted molar refractivity (Wildman–Crippen MR) is 68.5 cm³/mol. The second kappa shape index (κ2) is 4.63. The van der Waals surface area contributed by atoms with Crippen LogP contribution >= 0.6 is 11.3 Å². The fraction of sp³-hybridized carbons (Fsp3) is 0.250. The molecule has 1 unspecified atom stereocenters. The summed E-state index contributed by atoms with van der Waals surface area (Å²) in [5.74, 6) is 0. The summed E-state index contributed by atoms with van der Waals surface area (Å²) < 4.78 is 0. The number of hydrogen-bond donors (Lipinski definition) is 1. The molecule has 0 amide bonds. The van der Waals surface area contributed by atoms with Gasteiger partial charge < -0.3 is 5.73 Å². The number of anilines is 1. The molecule has 0 aliphatic carbocycles. The summed E-state index contributed by atoms with van der Waals surface area (Å²) in [6.45, 7) is 0. The van der Waals surface area contributed by atoms with E-state index in [0.717, 1.165) is 0 Å². The van der Waals surface area contributed by atoms with Gasteiger partial charge in [-0.05, 0) is 19.7 Å². The van der Waals surface area contributed by atoms with Crippen LogP contribution in [-0.2, 0) is 0 Å². The Balaban J connectivity index is 2.39. The highest BCUT2D eigenvalue weighted by molar-refractivity contribution is 7.15. The molecule has 1 aromatic carbocycles. The molecule has 3 nitrogen and oxygen atoms in total. The molecule has 2 rings (SSSR count). The van der Waals surface area contributed by atoms with E-state index in [0.29, 0.717) is 5.13 Å². The Bertz CT molecular complexity index is 450. The van der Waals surface area contributed by atoms with E-state index in [9.17, 15) is 0 Å². The third-order valence-corrected chi connectivity index (χ3v) is 3.32. The van der Waals surface area contributed by atoms with Gasteiger partial charge in [0.05, 0.1) is 6.04 Å². The van der Waals surface area contributed by atoms with Gasteiger partial charge in [0.25, 0.3) is 0 Å². The van der Waals surface area contributed by atoms with Crippen molar-refractivity contribution >= 4 is 16.5 Å². The number of nitrogen functional groups attached to an aromatic ring is 1. The zero-order valence-electron chi connectivity index (χ0n) is 9.42. The molecule has 0 aliphatic heterocycles. The van der Waals surface area contributed by atoms with Crippen LogP contribution in [0.2, 0.25) is 0 Å². The smallest absolute Gasteiger partial charge is 0.180 e. The summed E-state index contributed by atoms with van der Waals surface area (Å²) in [6.07, 6.45) is 1.86. The number of aromatic nitrogens is 1. The average Bonchev–Trinajstić information content (AvgIpc) is 2.66. The number of thiazole rings is 1. The van der Waals surface area contributed by atoms with E-state index >= 15 is 0 Å². The van der Waals surface area contributed by atoms with Crippen molar-refractivity contribution in [3.05, 3.63) is 47.0 Å². The Hall–Kier alpha value is -1.39. The number of rotatable bonds is 3. The molecule has 0 saturated carbocycles. The van der Waals surface area contributed by atoms with Crippen molar-refractivity contribution < 1.29 is 0 Å². The van der Waals surface area contributed by atoms with Crippen LogP contribution in [0.3, 0.4) is 0 Å². The topological polar surface area (TPSA) is 42.2 Å². The zero-order valence-corrected chi connectivity index (χ0v) is 10.2. The van der Waals surface area contributed by atoms with Gasteiger partial charge in [0.15, 0.2) is 5.13 Å². The molecule has 0 bridgehead atoms. The first kappa shape index (κ1) is 11.1. The van der Waals surface area contributed by atoms with E-state index in [1.807, 2.05) is 12.3 Å². The van der Waals surface area contributed by atoms with E-state index < -0.39 is 0 Å². The van der Waals surface area contributed by atoms with Crippen molar-refractivity contribution in [2.45, 2.75) is 6.04 Å². The molecule has 1 atom stereocenters. The molecule has 16 heavy (non-hydrogen) atoms. The lowest BCUT2D eigenvalue weighted by atomic mass is 10.1. The van der Waals surface area contributed by atoms with Crippen LogP contribution in [0.25, 0.3) is 0 Å². The highest BCUT2D eigenvalue weighted by Crippen LogP contribution is 2.31. The van der Waals surface area contributed by atoms with Crippen LogP contribution in [0.4, 0.5) is 5.13 Å². The van der Waals surface area contributed by atoms with Crippen LogP contribution < -0.4 is 5.73 Å². The quantitative estimate of drug-likeness (QED) is 0.885. The van der Waals surface area contributed by atoms with Gasteiger partial charge in [0, 0.05) is 11.1 Å².